The fraction of sp³-hybridized carbons (Fsp3) is 0.188. The van der Waals surface area contributed by atoms with Crippen molar-refractivity contribution >= 4 is 17.7 Å². The fourth-order valence-corrected chi connectivity index (χ4v) is 3.47. The molecule has 0 saturated heterocycles. The van der Waals surface area contributed by atoms with E-state index in [0.717, 1.165) is 17.0 Å². The molecule has 2 aromatic rings. The van der Waals surface area contributed by atoms with Gasteiger partial charge in [0, 0.05) is 10.5 Å². The monoisotopic (exact) mass is 324 g/mol. The lowest BCUT2D eigenvalue weighted by Gasteiger charge is -2.34. The van der Waals surface area contributed by atoms with Gasteiger partial charge in [-0.05, 0) is 31.2 Å². The summed E-state index contributed by atoms with van der Waals surface area (Å²) in [6.07, 6.45) is -4.39. The summed E-state index contributed by atoms with van der Waals surface area (Å²) in [7, 11) is 0. The average molecular weight is 324 g/mol. The van der Waals surface area contributed by atoms with E-state index in [1.54, 1.807) is 31.2 Å². The Balaban J connectivity index is 1.97. The van der Waals surface area contributed by atoms with Crippen LogP contribution >= 0.6 is 11.8 Å². The molecule has 1 unspecified atom stereocenters. The van der Waals surface area contributed by atoms with Gasteiger partial charge in [0.2, 0.25) is 0 Å². The van der Waals surface area contributed by atoms with E-state index in [2.05, 4.69) is 0 Å². The minimum Gasteiger partial charge on any atom is -0.440 e. The second-order valence-corrected chi connectivity index (χ2v) is 6.43. The Labute approximate surface area is 129 Å². The van der Waals surface area contributed by atoms with Crippen LogP contribution in [0.25, 0.3) is 0 Å². The van der Waals surface area contributed by atoms with Crippen molar-refractivity contribution in [1.82, 2.24) is 0 Å². The van der Waals surface area contributed by atoms with Gasteiger partial charge in [-0.2, -0.15) is 13.2 Å². The summed E-state index contributed by atoms with van der Waals surface area (Å²) in [5, 5.41) is 0. The number of halogens is 3. The van der Waals surface area contributed by atoms with E-state index in [-0.39, 0.29) is 0 Å². The lowest BCUT2D eigenvalue weighted by atomic mass is 10.1. The zero-order chi connectivity index (χ0) is 16.0. The van der Waals surface area contributed by atoms with E-state index in [0.29, 0.717) is 11.1 Å². The first-order valence-electron chi connectivity index (χ1n) is 6.49. The van der Waals surface area contributed by atoms with Gasteiger partial charge in [-0.1, -0.05) is 36.0 Å². The van der Waals surface area contributed by atoms with Gasteiger partial charge in [0.1, 0.15) is 0 Å². The maximum Gasteiger partial charge on any atom is 0.416 e. The summed E-state index contributed by atoms with van der Waals surface area (Å²) < 4.78 is 43.3. The summed E-state index contributed by atoms with van der Waals surface area (Å²) in [6, 6.07) is 11.7. The highest BCUT2D eigenvalue weighted by atomic mass is 32.2. The van der Waals surface area contributed by atoms with E-state index >= 15 is 0 Å². The molecular weight excluding hydrogens is 313 g/mol. The van der Waals surface area contributed by atoms with Crippen molar-refractivity contribution in [2.24, 2.45) is 0 Å². The predicted octanol–water partition coefficient (Wildman–Crippen LogP) is 4.84. The van der Waals surface area contributed by atoms with Gasteiger partial charge in [0.15, 0.2) is 4.93 Å². The largest absolute Gasteiger partial charge is 0.440 e. The molecule has 0 radical (unpaired) electrons. The number of benzene rings is 2. The second kappa shape index (κ2) is 5.05. The van der Waals surface area contributed by atoms with Gasteiger partial charge in [0.25, 0.3) is 0 Å². The van der Waals surface area contributed by atoms with Crippen molar-refractivity contribution < 1.29 is 22.7 Å². The molecule has 0 spiro atoms. The van der Waals surface area contributed by atoms with Crippen LogP contribution in [-0.4, -0.2) is 5.97 Å². The number of carbonyl (C=O) groups is 1. The standard InChI is InChI=1S/C16H11F3O2S/c1-15(10-6-8-11(9-7-10)16(17,18)19)21-14(20)12-4-2-3-5-13(12)22-15/h2-9H,1H3. The van der Waals surface area contributed by atoms with E-state index < -0.39 is 22.6 Å². The molecule has 1 atom stereocenters. The maximum atomic E-state index is 12.6. The summed E-state index contributed by atoms with van der Waals surface area (Å²) in [4.78, 5) is 11.8. The molecular formula is C16H11F3O2S. The quantitative estimate of drug-likeness (QED) is 0.702. The Morgan fingerprint density at radius 2 is 1.68 bits per heavy atom. The van der Waals surface area contributed by atoms with Gasteiger partial charge in [-0.15, -0.1) is 0 Å². The fourth-order valence-electron chi connectivity index (χ4n) is 2.27. The highest BCUT2D eigenvalue weighted by molar-refractivity contribution is 8.00. The Morgan fingerprint density at radius 1 is 1.05 bits per heavy atom. The van der Waals surface area contributed by atoms with Crippen molar-refractivity contribution in [1.29, 1.82) is 0 Å². The summed E-state index contributed by atoms with van der Waals surface area (Å²) in [5.41, 5.74) is 0.248. The third-order valence-corrected chi connectivity index (χ3v) is 4.72. The molecule has 0 amide bonds. The molecule has 0 aliphatic carbocycles. The van der Waals surface area contributed by atoms with Crippen molar-refractivity contribution in [3.05, 3.63) is 65.2 Å². The van der Waals surface area contributed by atoms with E-state index in [1.807, 2.05) is 0 Å². The van der Waals surface area contributed by atoms with Gasteiger partial charge < -0.3 is 4.74 Å². The van der Waals surface area contributed by atoms with Crippen LogP contribution in [0.1, 0.15) is 28.4 Å². The van der Waals surface area contributed by atoms with Crippen LogP contribution in [-0.2, 0) is 15.8 Å². The highest BCUT2D eigenvalue weighted by Crippen LogP contribution is 2.47. The van der Waals surface area contributed by atoms with E-state index in [1.165, 1.54) is 23.9 Å². The van der Waals surface area contributed by atoms with Crippen LogP contribution in [0.5, 0.6) is 0 Å². The van der Waals surface area contributed by atoms with Crippen LogP contribution in [0.2, 0.25) is 0 Å². The van der Waals surface area contributed by atoms with Crippen molar-refractivity contribution in [3.8, 4) is 0 Å². The van der Waals surface area contributed by atoms with Crippen LogP contribution in [0.15, 0.2) is 53.4 Å². The molecule has 0 bridgehead atoms. The molecule has 3 rings (SSSR count). The maximum absolute atomic E-state index is 12.6. The third-order valence-electron chi connectivity index (χ3n) is 3.44. The first-order valence-corrected chi connectivity index (χ1v) is 7.30. The van der Waals surface area contributed by atoms with E-state index in [9.17, 15) is 18.0 Å². The summed E-state index contributed by atoms with van der Waals surface area (Å²) in [5.74, 6) is -0.475. The average Bonchev–Trinajstić information content (AvgIpc) is 2.46. The molecule has 6 heteroatoms. The molecule has 0 N–H and O–H groups in total. The topological polar surface area (TPSA) is 26.3 Å². The van der Waals surface area contributed by atoms with Crippen LogP contribution < -0.4 is 0 Å². The molecule has 1 aliphatic heterocycles. The van der Waals surface area contributed by atoms with Crippen LogP contribution in [0.4, 0.5) is 13.2 Å². The number of thioether (sulfide) groups is 1. The number of esters is 1. The zero-order valence-corrected chi connectivity index (χ0v) is 12.3. The Hall–Kier alpha value is -1.95. The summed E-state index contributed by atoms with van der Waals surface area (Å²) in [6.45, 7) is 1.67. The molecule has 2 aromatic carbocycles. The number of alkyl halides is 3. The minimum atomic E-state index is -4.39. The van der Waals surface area contributed by atoms with Gasteiger partial charge in [-0.25, -0.2) is 4.79 Å². The number of rotatable bonds is 1. The first kappa shape index (κ1) is 15.0. The van der Waals surface area contributed by atoms with Crippen LogP contribution in [0, 0.1) is 0 Å². The first-order chi connectivity index (χ1) is 10.3. The van der Waals surface area contributed by atoms with Crippen molar-refractivity contribution in [3.63, 3.8) is 0 Å². The zero-order valence-electron chi connectivity index (χ0n) is 11.5. The predicted molar refractivity (Wildman–Crippen MR) is 76.5 cm³/mol. The minimum absolute atomic E-state index is 0.469. The molecule has 1 aliphatic rings. The molecule has 0 fully saturated rings. The number of cyclic esters (lactones) is 1. The molecule has 22 heavy (non-hydrogen) atoms. The SMILES string of the molecule is CC1(c2ccc(C(F)(F)F)cc2)OC(=O)c2ccccc2S1. The molecule has 0 saturated carbocycles. The van der Waals surface area contributed by atoms with Crippen molar-refractivity contribution in [2.45, 2.75) is 22.9 Å². The number of ether oxygens (including phenoxy) is 1. The lowest BCUT2D eigenvalue weighted by Crippen LogP contribution is -2.30. The summed E-state index contributed by atoms with van der Waals surface area (Å²) >= 11 is 1.31. The molecule has 2 nitrogen and oxygen atoms in total. The third kappa shape index (κ3) is 2.59. The van der Waals surface area contributed by atoms with Crippen molar-refractivity contribution in [2.75, 3.05) is 0 Å². The smallest absolute Gasteiger partial charge is 0.416 e. The van der Waals surface area contributed by atoms with Gasteiger partial charge >= 0.3 is 12.1 Å². The number of fused-ring (bicyclic) bond motifs is 1. The Morgan fingerprint density at radius 3 is 2.32 bits per heavy atom. The van der Waals surface area contributed by atoms with Gasteiger partial charge in [-0.3, -0.25) is 0 Å². The molecule has 0 aromatic heterocycles. The number of carbonyl (C=O) groups excluding carboxylic acids is 1. The number of hydrogen-bond acceptors (Lipinski definition) is 3. The van der Waals surface area contributed by atoms with E-state index in [4.69, 9.17) is 4.74 Å². The molecule has 1 heterocycles. The lowest BCUT2D eigenvalue weighted by molar-refractivity contribution is -0.137. The Bertz CT molecular complexity index is 725. The Kier molecular flexibility index (Phi) is 3.44. The number of hydrogen-bond donors (Lipinski definition) is 0. The highest BCUT2D eigenvalue weighted by Gasteiger charge is 2.39. The van der Waals surface area contributed by atoms with Crippen LogP contribution in [0.3, 0.4) is 0 Å². The normalized spacial score (nSPS) is 21.2. The van der Waals surface area contributed by atoms with Gasteiger partial charge in [0.05, 0.1) is 11.1 Å². The second-order valence-electron chi connectivity index (χ2n) is 5.01. The molecule has 114 valence electrons.